The highest BCUT2D eigenvalue weighted by atomic mass is 16.2. The Balaban J connectivity index is 0.00000216. The maximum absolute atomic E-state index is 13.6. The number of nitrogen functional groups attached to an aromatic ring is 1. The molecule has 1 saturated heterocycles. The molecule has 0 bridgehead atoms. The fraction of sp³-hybridized carbons (Fsp3) is 0.448. The summed E-state index contributed by atoms with van der Waals surface area (Å²) in [5, 5.41) is 8.00. The van der Waals surface area contributed by atoms with Crippen LogP contribution in [0.2, 0.25) is 0 Å². The van der Waals surface area contributed by atoms with Crippen molar-refractivity contribution >= 4 is 40.3 Å². The third kappa shape index (κ3) is 6.13. The molecule has 2 aromatic heterocycles. The van der Waals surface area contributed by atoms with Gasteiger partial charge in [0.1, 0.15) is 11.6 Å². The number of anilines is 2. The van der Waals surface area contributed by atoms with Gasteiger partial charge >= 0.3 is 0 Å². The van der Waals surface area contributed by atoms with E-state index in [4.69, 9.17) is 5.73 Å². The summed E-state index contributed by atoms with van der Waals surface area (Å²) in [6.07, 6.45) is 3.14. The van der Waals surface area contributed by atoms with Gasteiger partial charge in [0.05, 0.1) is 17.8 Å². The standard InChI is InChI=1S/C27H34N8O3.C2H6/c1-7-21(36)34-12-8-9-19(14-34)35-26-23(25(28)29-17(4)30-26)24(32-35)27(38)31-20-11-10-18(15(2)16(20)3)13-22(37)33(5)6;1-2/h7,10-11,19H,1,8-9,12-14H2,2-6H3,(H,31,38)(H2,28,29,30);1-2H3. The quantitative estimate of drug-likeness (QED) is 0.449. The van der Waals surface area contributed by atoms with Crippen LogP contribution in [0.15, 0.2) is 24.8 Å². The summed E-state index contributed by atoms with van der Waals surface area (Å²) >= 11 is 0. The summed E-state index contributed by atoms with van der Waals surface area (Å²) in [7, 11) is 3.45. The SMILES string of the molecule is C=CC(=O)N1CCCC(n2nc(C(=O)Nc3ccc(CC(=O)N(C)C)c(C)c3C)c3c(N)nc(C)nc32)C1.CC. The van der Waals surface area contributed by atoms with Crippen molar-refractivity contribution in [2.24, 2.45) is 0 Å². The highest BCUT2D eigenvalue weighted by Crippen LogP contribution is 2.30. The molecule has 0 saturated carbocycles. The van der Waals surface area contributed by atoms with Crippen molar-refractivity contribution < 1.29 is 14.4 Å². The second kappa shape index (κ2) is 12.7. The van der Waals surface area contributed by atoms with Crippen molar-refractivity contribution in [2.75, 3.05) is 38.2 Å². The van der Waals surface area contributed by atoms with Crippen LogP contribution < -0.4 is 11.1 Å². The maximum Gasteiger partial charge on any atom is 0.277 e. The number of hydrogen-bond acceptors (Lipinski definition) is 7. The number of carbonyl (C=O) groups is 3. The van der Waals surface area contributed by atoms with Crippen LogP contribution in [-0.2, 0) is 16.0 Å². The van der Waals surface area contributed by atoms with E-state index in [-0.39, 0.29) is 35.8 Å². The molecule has 3 amide bonds. The number of nitrogens with one attached hydrogen (secondary N) is 1. The van der Waals surface area contributed by atoms with Crippen molar-refractivity contribution in [1.29, 1.82) is 0 Å². The molecule has 11 nitrogen and oxygen atoms in total. The highest BCUT2D eigenvalue weighted by Gasteiger charge is 2.30. The molecule has 4 rings (SSSR count). The van der Waals surface area contributed by atoms with Gasteiger partial charge in [-0.1, -0.05) is 26.5 Å². The minimum Gasteiger partial charge on any atom is -0.383 e. The van der Waals surface area contributed by atoms with Gasteiger partial charge in [-0.25, -0.2) is 14.6 Å². The van der Waals surface area contributed by atoms with Crippen molar-refractivity contribution in [3.63, 3.8) is 0 Å². The van der Waals surface area contributed by atoms with E-state index in [2.05, 4.69) is 27.0 Å². The second-order valence-corrected chi connectivity index (χ2v) is 9.87. The summed E-state index contributed by atoms with van der Waals surface area (Å²) in [5.41, 5.74) is 10.2. The fourth-order valence-corrected chi connectivity index (χ4v) is 4.78. The number of hydrogen-bond donors (Lipinski definition) is 2. The van der Waals surface area contributed by atoms with Gasteiger partial charge in [-0.15, -0.1) is 0 Å². The topological polar surface area (TPSA) is 139 Å². The van der Waals surface area contributed by atoms with Gasteiger partial charge in [0.15, 0.2) is 11.3 Å². The number of nitrogens with zero attached hydrogens (tertiary/aromatic N) is 6. The van der Waals surface area contributed by atoms with Gasteiger partial charge in [-0.3, -0.25) is 14.4 Å². The Hall–Kier alpha value is -4.28. The number of amides is 3. The first-order valence-corrected chi connectivity index (χ1v) is 13.6. The lowest BCUT2D eigenvalue weighted by Gasteiger charge is -2.32. The van der Waals surface area contributed by atoms with Gasteiger partial charge in [0.25, 0.3) is 5.91 Å². The Kier molecular flexibility index (Phi) is 9.62. The van der Waals surface area contributed by atoms with Crippen molar-refractivity contribution in [3.8, 4) is 0 Å². The highest BCUT2D eigenvalue weighted by molar-refractivity contribution is 6.13. The van der Waals surface area contributed by atoms with Crippen LogP contribution in [0.1, 0.15) is 65.7 Å². The molecule has 1 fully saturated rings. The summed E-state index contributed by atoms with van der Waals surface area (Å²) < 4.78 is 1.70. The number of aromatic nitrogens is 4. The van der Waals surface area contributed by atoms with Gasteiger partial charge in [-0.05, 0) is 62.4 Å². The first kappa shape index (κ1) is 30.3. The number of nitrogens with two attached hydrogens (primary N) is 1. The van der Waals surface area contributed by atoms with Crippen LogP contribution in [0, 0.1) is 20.8 Å². The molecule has 0 radical (unpaired) electrons. The number of carbonyl (C=O) groups excluding carboxylic acids is 3. The summed E-state index contributed by atoms with van der Waals surface area (Å²) in [4.78, 5) is 50.1. The van der Waals surface area contributed by atoms with E-state index in [1.165, 1.54) is 6.08 Å². The number of rotatable bonds is 6. The first-order valence-electron chi connectivity index (χ1n) is 13.6. The Labute approximate surface area is 235 Å². The van der Waals surface area contributed by atoms with Crippen LogP contribution in [0.5, 0.6) is 0 Å². The average Bonchev–Trinajstić information content (AvgIpc) is 3.33. The maximum atomic E-state index is 13.6. The Morgan fingerprint density at radius 2 is 1.85 bits per heavy atom. The predicted octanol–water partition coefficient (Wildman–Crippen LogP) is 3.59. The largest absolute Gasteiger partial charge is 0.383 e. The number of fused-ring (bicyclic) bond motifs is 1. The normalized spacial score (nSPS) is 14.8. The molecule has 11 heteroatoms. The third-order valence-electron chi connectivity index (χ3n) is 7.12. The predicted molar refractivity (Wildman–Crippen MR) is 157 cm³/mol. The van der Waals surface area contributed by atoms with Gasteiger partial charge in [-0.2, -0.15) is 5.10 Å². The summed E-state index contributed by atoms with van der Waals surface area (Å²) in [6.45, 7) is 14.2. The number of likely N-dealkylation sites (N-methyl/N-ethyl adjacent to an activating group) is 1. The first-order chi connectivity index (χ1) is 19.0. The molecule has 1 aliphatic heterocycles. The van der Waals surface area contributed by atoms with Crippen LogP contribution in [0.25, 0.3) is 11.0 Å². The molecule has 1 atom stereocenters. The minimum absolute atomic E-state index is 0.00290. The molecule has 1 unspecified atom stereocenters. The lowest BCUT2D eigenvalue weighted by atomic mass is 9.98. The Morgan fingerprint density at radius 1 is 1.15 bits per heavy atom. The van der Waals surface area contributed by atoms with Crippen LogP contribution in [-0.4, -0.2) is 74.5 Å². The van der Waals surface area contributed by atoms with E-state index < -0.39 is 5.91 Å². The van der Waals surface area contributed by atoms with Crippen molar-refractivity contribution in [3.05, 3.63) is 53.0 Å². The van der Waals surface area contributed by atoms with E-state index in [1.807, 2.05) is 33.8 Å². The van der Waals surface area contributed by atoms with Crippen molar-refractivity contribution in [2.45, 2.75) is 59.9 Å². The zero-order valence-electron chi connectivity index (χ0n) is 24.5. The van der Waals surface area contributed by atoms with Crippen LogP contribution in [0.3, 0.4) is 0 Å². The monoisotopic (exact) mass is 548 g/mol. The van der Waals surface area contributed by atoms with Crippen molar-refractivity contribution in [1.82, 2.24) is 29.5 Å². The van der Waals surface area contributed by atoms with E-state index in [0.29, 0.717) is 35.6 Å². The van der Waals surface area contributed by atoms with E-state index in [9.17, 15) is 14.4 Å². The Morgan fingerprint density at radius 3 is 2.50 bits per heavy atom. The fourth-order valence-electron chi connectivity index (χ4n) is 4.78. The lowest BCUT2D eigenvalue weighted by molar-refractivity contribution is -0.128. The molecule has 3 N–H and O–H groups in total. The van der Waals surface area contributed by atoms with E-state index in [0.717, 1.165) is 29.5 Å². The zero-order valence-corrected chi connectivity index (χ0v) is 24.5. The van der Waals surface area contributed by atoms with Crippen LogP contribution in [0.4, 0.5) is 11.5 Å². The lowest BCUT2D eigenvalue weighted by Crippen LogP contribution is -2.40. The number of benzene rings is 1. The minimum atomic E-state index is -0.442. The third-order valence-corrected chi connectivity index (χ3v) is 7.12. The molecular formula is C29H40N8O3. The van der Waals surface area contributed by atoms with Gasteiger partial charge < -0.3 is 20.9 Å². The van der Waals surface area contributed by atoms with E-state index in [1.54, 1.807) is 41.6 Å². The Bertz CT molecular complexity index is 1440. The van der Waals surface area contributed by atoms with E-state index >= 15 is 0 Å². The number of aryl methyl sites for hydroxylation is 1. The summed E-state index contributed by atoms with van der Waals surface area (Å²) in [5.74, 6) is 0.0537. The zero-order chi connectivity index (χ0) is 29.7. The molecule has 3 aromatic rings. The number of likely N-dealkylation sites (tertiary alicyclic amines) is 1. The number of piperidine rings is 1. The average molecular weight is 549 g/mol. The molecule has 40 heavy (non-hydrogen) atoms. The smallest absolute Gasteiger partial charge is 0.277 e. The molecule has 1 aromatic carbocycles. The molecular weight excluding hydrogens is 508 g/mol. The molecule has 0 spiro atoms. The molecule has 1 aliphatic rings. The second-order valence-electron chi connectivity index (χ2n) is 9.87. The van der Waals surface area contributed by atoms with Gasteiger partial charge in [0, 0.05) is 32.9 Å². The molecule has 0 aliphatic carbocycles. The van der Waals surface area contributed by atoms with Crippen LogP contribution >= 0.6 is 0 Å². The summed E-state index contributed by atoms with van der Waals surface area (Å²) in [6, 6.07) is 3.47. The molecule has 3 heterocycles. The molecule has 214 valence electrons. The van der Waals surface area contributed by atoms with Gasteiger partial charge in [0.2, 0.25) is 11.8 Å².